The van der Waals surface area contributed by atoms with Crippen molar-refractivity contribution in [3.63, 3.8) is 0 Å². The maximum absolute atomic E-state index is 12.8. The summed E-state index contributed by atoms with van der Waals surface area (Å²) < 4.78 is 2.07. The minimum absolute atomic E-state index is 0.223. The third kappa shape index (κ3) is 3.99. The van der Waals surface area contributed by atoms with Gasteiger partial charge in [-0.1, -0.05) is 33.6 Å². The normalized spacial score (nSPS) is 15.0. The zero-order valence-corrected chi connectivity index (χ0v) is 14.5. The fourth-order valence-electron chi connectivity index (χ4n) is 3.25. The number of likely N-dealkylation sites (N-methyl/N-ethyl adjacent to an activating group) is 1. The van der Waals surface area contributed by atoms with E-state index in [0.29, 0.717) is 6.54 Å². The molecule has 0 amide bonds. The number of hydrogen-bond acceptors (Lipinski definition) is 3. The zero-order chi connectivity index (χ0) is 15.9. The van der Waals surface area contributed by atoms with E-state index in [0.717, 1.165) is 51.1 Å². The van der Waals surface area contributed by atoms with Crippen molar-refractivity contribution in [2.24, 2.45) is 0 Å². The van der Waals surface area contributed by atoms with Crippen molar-refractivity contribution in [3.8, 4) is 0 Å². The fraction of sp³-hybridized carbons (Fsp3) is 0.722. The Balaban J connectivity index is 2.33. The van der Waals surface area contributed by atoms with Gasteiger partial charge < -0.3 is 9.88 Å². The highest BCUT2D eigenvalue weighted by molar-refractivity contribution is 5.29. The highest BCUT2D eigenvalue weighted by Gasteiger charge is 2.20. The number of rotatable bonds is 8. The second-order valence-electron chi connectivity index (χ2n) is 6.20. The van der Waals surface area contributed by atoms with Crippen LogP contribution in [-0.2, 0) is 26.1 Å². The van der Waals surface area contributed by atoms with E-state index in [1.54, 1.807) is 0 Å². The molecule has 0 fully saturated rings. The molecule has 2 rings (SSSR count). The van der Waals surface area contributed by atoms with Crippen molar-refractivity contribution in [1.82, 2.24) is 14.8 Å². The molecule has 0 atom stereocenters. The summed E-state index contributed by atoms with van der Waals surface area (Å²) in [7, 11) is 0. The van der Waals surface area contributed by atoms with E-state index in [9.17, 15) is 4.79 Å². The lowest BCUT2D eigenvalue weighted by Gasteiger charge is -2.30. The molecule has 2 heterocycles. The molecule has 124 valence electrons. The average Bonchev–Trinajstić information content (AvgIpc) is 2.54. The number of nitrogens with zero attached hydrogens (tertiary/aromatic N) is 2. The molecule has 1 N–H and O–H groups in total. The lowest BCUT2D eigenvalue weighted by molar-refractivity contribution is 0.261. The molecule has 22 heavy (non-hydrogen) atoms. The van der Waals surface area contributed by atoms with Crippen molar-refractivity contribution in [2.45, 2.75) is 66.1 Å². The Labute approximate surface area is 134 Å². The first kappa shape index (κ1) is 17.2. The monoisotopic (exact) mass is 305 g/mol. The first-order valence-corrected chi connectivity index (χ1v) is 8.88. The predicted molar refractivity (Wildman–Crippen MR) is 92.3 cm³/mol. The van der Waals surface area contributed by atoms with E-state index >= 15 is 0 Å². The number of fused-ring (bicyclic) bond motifs is 1. The van der Waals surface area contributed by atoms with Gasteiger partial charge in [-0.05, 0) is 31.1 Å². The number of aromatic nitrogens is 1. The third-order valence-corrected chi connectivity index (χ3v) is 4.62. The summed E-state index contributed by atoms with van der Waals surface area (Å²) in [5, 5.41) is 3.30. The third-order valence-electron chi connectivity index (χ3n) is 4.62. The van der Waals surface area contributed by atoms with Crippen LogP contribution in [0.2, 0.25) is 0 Å². The van der Waals surface area contributed by atoms with Crippen molar-refractivity contribution < 1.29 is 0 Å². The van der Waals surface area contributed by atoms with Gasteiger partial charge in [0.05, 0.1) is 0 Å². The van der Waals surface area contributed by atoms with Crippen LogP contribution in [0, 0.1) is 0 Å². The Kier molecular flexibility index (Phi) is 6.65. The van der Waals surface area contributed by atoms with Gasteiger partial charge in [0.25, 0.3) is 5.56 Å². The topological polar surface area (TPSA) is 37.3 Å². The Morgan fingerprint density at radius 3 is 2.73 bits per heavy atom. The van der Waals surface area contributed by atoms with E-state index in [1.807, 2.05) is 0 Å². The van der Waals surface area contributed by atoms with Gasteiger partial charge in [0.1, 0.15) is 0 Å². The molecular formula is C18H31N3O. The quantitative estimate of drug-likeness (QED) is 0.750. The smallest absolute Gasteiger partial charge is 0.255 e. The fourth-order valence-corrected chi connectivity index (χ4v) is 3.25. The second-order valence-corrected chi connectivity index (χ2v) is 6.20. The summed E-state index contributed by atoms with van der Waals surface area (Å²) >= 11 is 0. The summed E-state index contributed by atoms with van der Waals surface area (Å²) in [4.78, 5) is 15.3. The zero-order valence-electron chi connectivity index (χ0n) is 14.5. The summed E-state index contributed by atoms with van der Waals surface area (Å²) in [5.74, 6) is 0. The molecule has 1 aromatic heterocycles. The molecule has 0 saturated heterocycles. The molecule has 1 aliphatic rings. The summed E-state index contributed by atoms with van der Waals surface area (Å²) in [5.41, 5.74) is 3.79. The SMILES string of the molecule is CCCCCn1c2c(cc(CNCC)c1=O)CN(CC)CC2. The first-order chi connectivity index (χ1) is 10.7. The Bertz CT molecular complexity index is 536. The van der Waals surface area contributed by atoms with Gasteiger partial charge in [0, 0.05) is 43.9 Å². The first-order valence-electron chi connectivity index (χ1n) is 8.88. The van der Waals surface area contributed by atoms with Crippen molar-refractivity contribution >= 4 is 0 Å². The molecule has 0 spiro atoms. The van der Waals surface area contributed by atoms with Crippen LogP contribution in [0.15, 0.2) is 10.9 Å². The minimum Gasteiger partial charge on any atom is -0.313 e. The summed E-state index contributed by atoms with van der Waals surface area (Å²) in [6.07, 6.45) is 4.49. The Hall–Kier alpha value is -1.13. The molecular weight excluding hydrogens is 274 g/mol. The van der Waals surface area contributed by atoms with Crippen LogP contribution < -0.4 is 10.9 Å². The maximum atomic E-state index is 12.8. The van der Waals surface area contributed by atoms with E-state index in [-0.39, 0.29) is 5.56 Å². The second kappa shape index (κ2) is 8.49. The van der Waals surface area contributed by atoms with Gasteiger partial charge in [0.2, 0.25) is 0 Å². The molecule has 1 aromatic rings. The number of unbranched alkanes of at least 4 members (excludes halogenated alkanes) is 2. The van der Waals surface area contributed by atoms with Crippen molar-refractivity contribution in [1.29, 1.82) is 0 Å². The van der Waals surface area contributed by atoms with E-state index in [2.05, 4.69) is 41.6 Å². The lowest BCUT2D eigenvalue weighted by atomic mass is 10.0. The lowest BCUT2D eigenvalue weighted by Crippen LogP contribution is -2.37. The van der Waals surface area contributed by atoms with Gasteiger partial charge in [-0.3, -0.25) is 9.69 Å². The van der Waals surface area contributed by atoms with E-state index in [1.165, 1.54) is 24.1 Å². The Morgan fingerprint density at radius 2 is 2.05 bits per heavy atom. The molecule has 1 aliphatic heterocycles. The molecule has 0 bridgehead atoms. The molecule has 4 nitrogen and oxygen atoms in total. The predicted octanol–water partition coefficient (Wildman–Crippen LogP) is 2.53. The molecule has 0 aliphatic carbocycles. The van der Waals surface area contributed by atoms with Crippen LogP contribution in [0.25, 0.3) is 0 Å². The van der Waals surface area contributed by atoms with Crippen molar-refractivity contribution in [3.05, 3.63) is 33.2 Å². The van der Waals surface area contributed by atoms with Crippen LogP contribution >= 0.6 is 0 Å². The largest absolute Gasteiger partial charge is 0.313 e. The molecule has 0 saturated carbocycles. The number of pyridine rings is 1. The highest BCUT2D eigenvalue weighted by atomic mass is 16.1. The van der Waals surface area contributed by atoms with E-state index in [4.69, 9.17) is 0 Å². The molecule has 0 radical (unpaired) electrons. The average molecular weight is 305 g/mol. The van der Waals surface area contributed by atoms with Gasteiger partial charge in [-0.2, -0.15) is 0 Å². The summed E-state index contributed by atoms with van der Waals surface area (Å²) in [6, 6.07) is 2.15. The number of hydrogen-bond donors (Lipinski definition) is 1. The van der Waals surface area contributed by atoms with Crippen LogP contribution in [0.4, 0.5) is 0 Å². The van der Waals surface area contributed by atoms with Gasteiger partial charge in [-0.15, -0.1) is 0 Å². The molecule has 0 unspecified atom stereocenters. The minimum atomic E-state index is 0.223. The van der Waals surface area contributed by atoms with Crippen LogP contribution in [0.1, 0.15) is 56.9 Å². The molecule has 4 heteroatoms. The maximum Gasteiger partial charge on any atom is 0.255 e. The standard InChI is InChI=1S/C18H31N3O/c1-4-7-8-10-21-17-9-11-20(6-3)14-16(17)12-15(18(21)22)13-19-5-2/h12,19H,4-11,13-14H2,1-3H3. The van der Waals surface area contributed by atoms with Crippen LogP contribution in [0.5, 0.6) is 0 Å². The Morgan fingerprint density at radius 1 is 1.23 bits per heavy atom. The van der Waals surface area contributed by atoms with Crippen molar-refractivity contribution in [2.75, 3.05) is 19.6 Å². The van der Waals surface area contributed by atoms with Gasteiger partial charge in [0.15, 0.2) is 0 Å². The van der Waals surface area contributed by atoms with Crippen LogP contribution in [0.3, 0.4) is 0 Å². The van der Waals surface area contributed by atoms with Gasteiger partial charge >= 0.3 is 0 Å². The number of nitrogens with one attached hydrogen (secondary N) is 1. The van der Waals surface area contributed by atoms with Gasteiger partial charge in [-0.25, -0.2) is 0 Å². The van der Waals surface area contributed by atoms with E-state index < -0.39 is 0 Å². The molecule has 0 aromatic carbocycles. The summed E-state index contributed by atoms with van der Waals surface area (Å²) in [6.45, 7) is 12.1. The highest BCUT2D eigenvalue weighted by Crippen LogP contribution is 2.19. The van der Waals surface area contributed by atoms with Crippen LogP contribution in [-0.4, -0.2) is 29.1 Å².